The Labute approximate surface area is 358 Å². The van der Waals surface area contributed by atoms with Crippen LogP contribution in [0.5, 0.6) is 0 Å². The van der Waals surface area contributed by atoms with Gasteiger partial charge >= 0.3 is 12.2 Å². The van der Waals surface area contributed by atoms with Crippen molar-refractivity contribution in [2.45, 2.75) is 81.2 Å². The Morgan fingerprint density at radius 1 is 0.717 bits per heavy atom. The van der Waals surface area contributed by atoms with E-state index in [4.69, 9.17) is 52.1 Å². The van der Waals surface area contributed by atoms with Crippen molar-refractivity contribution in [2.24, 2.45) is 16.8 Å². The Morgan fingerprint density at radius 2 is 1.20 bits per heavy atom. The molecule has 4 fully saturated rings. The lowest BCUT2D eigenvalue weighted by Crippen LogP contribution is -2.53. The van der Waals surface area contributed by atoms with Crippen molar-refractivity contribution in [1.29, 1.82) is 0 Å². The van der Waals surface area contributed by atoms with E-state index in [2.05, 4.69) is 15.6 Å². The van der Waals surface area contributed by atoms with E-state index in [0.29, 0.717) is 71.7 Å². The highest BCUT2D eigenvalue weighted by molar-refractivity contribution is 6.36. The number of allylic oxidation sites excluding steroid dienone is 1. The molecule has 2 saturated carbocycles. The number of ether oxygens (including phenoxy) is 4. The predicted octanol–water partition coefficient (Wildman–Crippen LogP) is 6.32. The third kappa shape index (κ3) is 8.37. The normalized spacial score (nSPS) is 24.7. The Kier molecular flexibility index (Phi) is 12.2. The number of halogens is 2. The topological polar surface area (TPSA) is 177 Å². The standard InChI is InChI=1S/C43H49Cl2N7O8/c1-57-15-13-29(47-42(55)59-3)40(53)51-32-17-26(32)19-34(51)31-21-28(44)36(46-31)24-9-5-22(6-10-24)23-7-11-25(12-8-23)37-38(45)50-39(49-37)35-20-27-18-33(27)52(35)41(54)30(14-16-58-2)48-43(56)60-4/h5-12,26-27,29-30,32-35H,13-21H2,1-4H3,(H,47,55)(H,48,56)(H,49,50)/t26-,27-,29+,30+,32-,33-,34+,35+/m1/s1. The molecule has 2 aliphatic carbocycles. The van der Waals surface area contributed by atoms with Crippen molar-refractivity contribution in [1.82, 2.24) is 30.4 Å². The molecule has 0 radical (unpaired) electrons. The zero-order valence-electron chi connectivity index (χ0n) is 33.9. The van der Waals surface area contributed by atoms with E-state index < -0.39 is 24.3 Å². The molecule has 60 heavy (non-hydrogen) atoms. The van der Waals surface area contributed by atoms with Gasteiger partial charge in [-0.2, -0.15) is 0 Å². The summed E-state index contributed by atoms with van der Waals surface area (Å²) in [7, 11) is 5.65. The summed E-state index contributed by atoms with van der Waals surface area (Å²) in [4.78, 5) is 68.8. The fraction of sp³-hybridized carbons (Fsp3) is 0.488. The Hall–Kier alpha value is -4.96. The number of nitrogens with one attached hydrogen (secondary N) is 3. The number of hydrogen-bond acceptors (Lipinski definition) is 10. The lowest BCUT2D eigenvalue weighted by molar-refractivity contribution is -0.136. The molecular formula is C43H49Cl2N7O8. The maximum Gasteiger partial charge on any atom is 0.407 e. The molecule has 3 aromatic rings. The summed E-state index contributed by atoms with van der Waals surface area (Å²) < 4.78 is 20.0. The number of imidazole rings is 1. The van der Waals surface area contributed by atoms with Crippen LogP contribution in [0, 0.1) is 11.8 Å². The summed E-state index contributed by atoms with van der Waals surface area (Å²) in [6, 6.07) is 14.2. The first-order valence-corrected chi connectivity index (χ1v) is 21.0. The van der Waals surface area contributed by atoms with Crippen LogP contribution in [0.4, 0.5) is 9.59 Å². The molecule has 4 amide bonds. The number of methoxy groups -OCH3 is 4. The molecule has 15 nitrogen and oxygen atoms in total. The lowest BCUT2D eigenvalue weighted by Gasteiger charge is -2.31. The molecule has 4 heterocycles. The number of amides is 4. The van der Waals surface area contributed by atoms with Crippen LogP contribution in [0.15, 0.2) is 58.6 Å². The van der Waals surface area contributed by atoms with Gasteiger partial charge in [0.15, 0.2) is 0 Å². The van der Waals surface area contributed by atoms with E-state index in [0.717, 1.165) is 53.6 Å². The molecule has 318 valence electrons. The van der Waals surface area contributed by atoms with Gasteiger partial charge in [-0.05, 0) is 48.6 Å². The number of nitrogens with zero attached hydrogens (tertiary/aromatic N) is 4. The van der Waals surface area contributed by atoms with Gasteiger partial charge in [-0.1, -0.05) is 71.7 Å². The number of H-pyrrole nitrogens is 1. The van der Waals surface area contributed by atoms with Crippen LogP contribution in [-0.2, 0) is 28.5 Å². The maximum atomic E-state index is 13.9. The summed E-state index contributed by atoms with van der Waals surface area (Å²) in [5.74, 6) is 1.03. The third-order valence-electron chi connectivity index (χ3n) is 12.4. The van der Waals surface area contributed by atoms with E-state index in [-0.39, 0.29) is 36.0 Å². The van der Waals surface area contributed by atoms with Gasteiger partial charge in [-0.25, -0.2) is 14.6 Å². The van der Waals surface area contributed by atoms with E-state index in [1.165, 1.54) is 14.2 Å². The summed E-state index contributed by atoms with van der Waals surface area (Å²) in [5, 5.41) is 6.37. The van der Waals surface area contributed by atoms with Crippen LogP contribution in [0.3, 0.4) is 0 Å². The maximum absolute atomic E-state index is 13.9. The fourth-order valence-corrected chi connectivity index (χ4v) is 9.63. The number of aromatic nitrogens is 2. The lowest BCUT2D eigenvalue weighted by atomic mass is 10.0. The molecule has 0 bridgehead atoms. The smallest absolute Gasteiger partial charge is 0.407 e. The van der Waals surface area contributed by atoms with Crippen molar-refractivity contribution < 1.29 is 38.1 Å². The van der Waals surface area contributed by atoms with E-state index in [9.17, 15) is 19.2 Å². The number of benzene rings is 2. The molecule has 1 aromatic heterocycles. The van der Waals surface area contributed by atoms with Gasteiger partial charge in [0, 0.05) is 75.6 Å². The Morgan fingerprint density at radius 3 is 1.72 bits per heavy atom. The number of aliphatic imine (C=N–C) groups is 1. The van der Waals surface area contributed by atoms with Crippen LogP contribution >= 0.6 is 23.2 Å². The van der Waals surface area contributed by atoms with Gasteiger partial charge in [0.25, 0.3) is 0 Å². The molecule has 3 N–H and O–H groups in total. The predicted molar refractivity (Wildman–Crippen MR) is 224 cm³/mol. The quantitative estimate of drug-likeness (QED) is 0.158. The van der Waals surface area contributed by atoms with Crippen LogP contribution in [0.1, 0.15) is 62.4 Å². The van der Waals surface area contributed by atoms with Gasteiger partial charge in [-0.15, -0.1) is 0 Å². The van der Waals surface area contributed by atoms with Crippen LogP contribution in [0.25, 0.3) is 28.1 Å². The van der Waals surface area contributed by atoms with Crippen molar-refractivity contribution in [3.8, 4) is 22.4 Å². The highest BCUT2D eigenvalue weighted by Crippen LogP contribution is 2.54. The first-order chi connectivity index (χ1) is 29.0. The Balaban J connectivity index is 0.944. The molecule has 0 spiro atoms. The number of carbonyl (C=O) groups is 4. The first kappa shape index (κ1) is 41.8. The second-order valence-electron chi connectivity index (χ2n) is 16.0. The minimum atomic E-state index is -0.794. The molecule has 5 aliphatic rings. The molecule has 0 unspecified atom stereocenters. The Bertz CT molecular complexity index is 2190. The average molecular weight is 863 g/mol. The van der Waals surface area contributed by atoms with Crippen molar-refractivity contribution >= 4 is 58.6 Å². The van der Waals surface area contributed by atoms with E-state index in [1.54, 1.807) is 14.2 Å². The largest absolute Gasteiger partial charge is 0.453 e. The van der Waals surface area contributed by atoms with Gasteiger partial charge in [-0.3, -0.25) is 14.6 Å². The molecule has 17 heteroatoms. The highest BCUT2D eigenvalue weighted by Gasteiger charge is 2.57. The zero-order chi connectivity index (χ0) is 42.2. The number of rotatable bonds is 15. The number of piperidine rings is 2. The van der Waals surface area contributed by atoms with Crippen LogP contribution < -0.4 is 10.6 Å². The van der Waals surface area contributed by atoms with Crippen molar-refractivity contribution in [2.75, 3.05) is 41.7 Å². The number of carbonyl (C=O) groups excluding carboxylic acids is 4. The highest BCUT2D eigenvalue weighted by atomic mass is 35.5. The van der Waals surface area contributed by atoms with Crippen molar-refractivity contribution in [3.05, 3.63) is 70.1 Å². The van der Waals surface area contributed by atoms with E-state index >= 15 is 0 Å². The third-order valence-corrected chi connectivity index (χ3v) is 13.0. The number of alkyl carbamates (subject to hydrolysis) is 2. The van der Waals surface area contributed by atoms with Gasteiger partial charge in [0.1, 0.15) is 28.8 Å². The zero-order valence-corrected chi connectivity index (χ0v) is 35.4. The number of fused-ring (bicyclic) bond motifs is 2. The second kappa shape index (κ2) is 17.6. The van der Waals surface area contributed by atoms with Gasteiger partial charge in [0.05, 0.1) is 37.0 Å². The minimum absolute atomic E-state index is 0.0845. The molecule has 2 aromatic carbocycles. The number of aromatic amines is 1. The molecule has 8 atom stereocenters. The molecule has 8 rings (SSSR count). The summed E-state index contributed by atoms with van der Waals surface area (Å²) >= 11 is 13.6. The average Bonchev–Trinajstić information content (AvgIpc) is 3.97. The second-order valence-corrected chi connectivity index (χ2v) is 16.9. The van der Waals surface area contributed by atoms with E-state index in [1.807, 2.05) is 58.3 Å². The molecule has 2 saturated heterocycles. The van der Waals surface area contributed by atoms with Crippen molar-refractivity contribution in [3.63, 3.8) is 0 Å². The first-order valence-electron chi connectivity index (χ1n) is 20.3. The SMILES string of the molecule is COCC[C@H](NC(=O)OC)C(=O)N1[C@@H]2C[C@@H]2C[C@H]1C1=NC(c2ccc(-c3ccc(-c4nc([C@@H]5C[C@H]6C[C@H]6N5C(=O)[C@H](CCOC)NC(=O)OC)[nH]c4Cl)cc3)cc2)=C(Cl)C1. The van der Waals surface area contributed by atoms with Crippen LogP contribution in [-0.4, -0.2) is 121 Å². The molecule has 3 aliphatic heterocycles. The minimum Gasteiger partial charge on any atom is -0.453 e. The summed E-state index contributed by atoms with van der Waals surface area (Å²) in [6.07, 6.45) is 3.18. The number of hydrogen-bond donors (Lipinski definition) is 3. The van der Waals surface area contributed by atoms with Gasteiger partial charge < -0.3 is 44.4 Å². The fourth-order valence-electron chi connectivity index (χ4n) is 9.10. The summed E-state index contributed by atoms with van der Waals surface area (Å²) in [5.41, 5.74) is 5.82. The number of likely N-dealkylation sites (tertiary alicyclic amines) is 2. The molecular weight excluding hydrogens is 813 g/mol. The van der Waals surface area contributed by atoms with Crippen LogP contribution in [0.2, 0.25) is 5.15 Å². The summed E-state index contributed by atoms with van der Waals surface area (Å²) in [6.45, 7) is 0.612. The van der Waals surface area contributed by atoms with Gasteiger partial charge in [0.2, 0.25) is 11.8 Å². The monoisotopic (exact) mass is 861 g/mol.